The van der Waals surface area contributed by atoms with E-state index in [1.165, 1.54) is 0 Å². The molecule has 0 spiro atoms. The molecule has 0 unspecified atom stereocenters. The second-order valence-electron chi connectivity index (χ2n) is 8.92. The van der Waals surface area contributed by atoms with E-state index >= 15 is 0 Å². The Labute approximate surface area is 210 Å². The van der Waals surface area contributed by atoms with Crippen molar-refractivity contribution in [3.8, 4) is 0 Å². The summed E-state index contributed by atoms with van der Waals surface area (Å²) in [6, 6.07) is 6.93. The summed E-state index contributed by atoms with van der Waals surface area (Å²) in [5.74, 6) is -1.29. The fraction of sp³-hybridized carbons (Fsp3) is 0.630. The van der Waals surface area contributed by atoms with Crippen molar-refractivity contribution in [1.29, 1.82) is 0 Å². The molecule has 35 heavy (non-hydrogen) atoms. The van der Waals surface area contributed by atoms with Crippen molar-refractivity contribution >= 4 is 23.6 Å². The molecule has 0 aromatic heterocycles. The molecule has 0 radical (unpaired) electrons. The van der Waals surface area contributed by atoms with Crippen LogP contribution >= 0.6 is 0 Å². The zero-order valence-corrected chi connectivity index (χ0v) is 21.7. The van der Waals surface area contributed by atoms with Gasteiger partial charge in [0.25, 0.3) is 5.91 Å². The first kappa shape index (κ1) is 30.1. The Kier molecular flexibility index (Phi) is 15.9. The van der Waals surface area contributed by atoms with Crippen LogP contribution < -0.4 is 21.3 Å². The third-order valence-electron chi connectivity index (χ3n) is 5.75. The largest absolute Gasteiger partial charge is 0.356 e. The molecule has 0 aliphatic rings. The van der Waals surface area contributed by atoms with Crippen molar-refractivity contribution in [3.05, 3.63) is 35.9 Å². The third kappa shape index (κ3) is 13.5. The number of carbonyl (C=O) groups excluding carboxylic acids is 4. The maximum atomic E-state index is 12.8. The molecule has 2 atom stereocenters. The number of benzene rings is 1. The first-order valence-electron chi connectivity index (χ1n) is 13.1. The lowest BCUT2D eigenvalue weighted by atomic mass is 10.1. The molecular formula is C27H44N4O4. The Morgan fingerprint density at radius 1 is 0.743 bits per heavy atom. The van der Waals surface area contributed by atoms with E-state index in [1.807, 2.05) is 0 Å². The monoisotopic (exact) mass is 488 g/mol. The van der Waals surface area contributed by atoms with Crippen LogP contribution in [0.2, 0.25) is 0 Å². The van der Waals surface area contributed by atoms with Crippen LogP contribution in [-0.2, 0) is 14.4 Å². The summed E-state index contributed by atoms with van der Waals surface area (Å²) in [6.45, 7) is 6.96. The summed E-state index contributed by atoms with van der Waals surface area (Å²) in [4.78, 5) is 50.1. The van der Waals surface area contributed by atoms with Crippen molar-refractivity contribution < 1.29 is 19.2 Å². The predicted molar refractivity (Wildman–Crippen MR) is 139 cm³/mol. The minimum atomic E-state index is -0.851. The normalized spacial score (nSPS) is 12.3. The van der Waals surface area contributed by atoms with Crippen LogP contribution in [0.5, 0.6) is 0 Å². The number of carbonyl (C=O) groups is 4. The van der Waals surface area contributed by atoms with E-state index in [0.717, 1.165) is 51.4 Å². The zero-order chi connectivity index (χ0) is 25.9. The number of nitrogens with one attached hydrogen (secondary N) is 4. The maximum absolute atomic E-state index is 12.8. The van der Waals surface area contributed by atoms with E-state index in [-0.39, 0.29) is 30.6 Å². The lowest BCUT2D eigenvalue weighted by Crippen LogP contribution is -2.53. The average Bonchev–Trinajstić information content (AvgIpc) is 2.86. The van der Waals surface area contributed by atoms with E-state index in [2.05, 4.69) is 35.1 Å². The molecule has 0 aliphatic carbocycles. The van der Waals surface area contributed by atoms with Crippen molar-refractivity contribution in [3.63, 3.8) is 0 Å². The highest BCUT2D eigenvalue weighted by Crippen LogP contribution is 2.04. The first-order chi connectivity index (χ1) is 16.9. The van der Waals surface area contributed by atoms with Crippen molar-refractivity contribution in [2.45, 2.75) is 97.1 Å². The second kappa shape index (κ2) is 18.4. The fourth-order valence-electron chi connectivity index (χ4n) is 3.53. The average molecular weight is 489 g/mol. The number of unbranched alkanes of at least 4 members (excludes halogenated alkanes) is 6. The van der Waals surface area contributed by atoms with Gasteiger partial charge in [-0.05, 0) is 38.3 Å². The van der Waals surface area contributed by atoms with Crippen LogP contribution in [-0.4, -0.2) is 48.8 Å². The minimum Gasteiger partial charge on any atom is -0.356 e. The number of hydrogen-bond donors (Lipinski definition) is 4. The number of amides is 4. The van der Waals surface area contributed by atoms with Crippen LogP contribution in [0.25, 0.3) is 0 Å². The highest BCUT2D eigenvalue weighted by atomic mass is 16.2. The van der Waals surface area contributed by atoms with Gasteiger partial charge in [-0.1, -0.05) is 70.6 Å². The summed E-state index contributed by atoms with van der Waals surface area (Å²) in [6.07, 6.45) is 8.69. The summed E-state index contributed by atoms with van der Waals surface area (Å²) in [5, 5.41) is 11.1. The molecule has 8 heteroatoms. The van der Waals surface area contributed by atoms with Crippen LogP contribution in [0.1, 0.15) is 95.3 Å². The molecule has 0 fully saturated rings. The maximum Gasteiger partial charge on any atom is 0.251 e. The van der Waals surface area contributed by atoms with E-state index < -0.39 is 18.0 Å². The van der Waals surface area contributed by atoms with Gasteiger partial charge in [0.15, 0.2) is 0 Å². The summed E-state index contributed by atoms with van der Waals surface area (Å²) in [5.41, 5.74) is 0.448. The predicted octanol–water partition coefficient (Wildman–Crippen LogP) is 3.46. The SMILES string of the molecule is CCCCCCNC(=O)CC[C@H](NC(=O)[C@H](C)NC(=O)c1ccccc1)C(=O)NCCCCCC. The van der Waals surface area contributed by atoms with Gasteiger partial charge in [-0.15, -0.1) is 0 Å². The van der Waals surface area contributed by atoms with Crippen LogP contribution in [0.3, 0.4) is 0 Å². The molecule has 8 nitrogen and oxygen atoms in total. The Morgan fingerprint density at radius 2 is 1.34 bits per heavy atom. The van der Waals surface area contributed by atoms with Crippen LogP contribution in [0, 0.1) is 0 Å². The topological polar surface area (TPSA) is 116 Å². The highest BCUT2D eigenvalue weighted by molar-refractivity contribution is 5.98. The van der Waals surface area contributed by atoms with Crippen molar-refractivity contribution in [2.24, 2.45) is 0 Å². The van der Waals surface area contributed by atoms with Crippen molar-refractivity contribution in [1.82, 2.24) is 21.3 Å². The van der Waals surface area contributed by atoms with E-state index in [4.69, 9.17) is 0 Å². The third-order valence-corrected chi connectivity index (χ3v) is 5.75. The van der Waals surface area contributed by atoms with Gasteiger partial charge >= 0.3 is 0 Å². The van der Waals surface area contributed by atoms with Gasteiger partial charge in [0.05, 0.1) is 0 Å². The van der Waals surface area contributed by atoms with Crippen LogP contribution in [0.15, 0.2) is 30.3 Å². The zero-order valence-electron chi connectivity index (χ0n) is 21.7. The Hall–Kier alpha value is -2.90. The highest BCUT2D eigenvalue weighted by Gasteiger charge is 2.25. The van der Waals surface area contributed by atoms with Gasteiger partial charge in [-0.25, -0.2) is 0 Å². The van der Waals surface area contributed by atoms with E-state index in [0.29, 0.717) is 18.7 Å². The summed E-state index contributed by atoms with van der Waals surface area (Å²) < 4.78 is 0. The van der Waals surface area contributed by atoms with Crippen LogP contribution in [0.4, 0.5) is 0 Å². The Bertz CT molecular complexity index is 770. The molecular weight excluding hydrogens is 444 g/mol. The lowest BCUT2D eigenvalue weighted by molar-refractivity contribution is -0.130. The van der Waals surface area contributed by atoms with Crippen molar-refractivity contribution in [2.75, 3.05) is 13.1 Å². The van der Waals surface area contributed by atoms with E-state index in [9.17, 15) is 19.2 Å². The molecule has 0 heterocycles. The Morgan fingerprint density at radius 3 is 1.94 bits per heavy atom. The molecule has 4 N–H and O–H groups in total. The number of rotatable bonds is 18. The number of hydrogen-bond acceptors (Lipinski definition) is 4. The molecule has 1 rings (SSSR count). The molecule has 0 aliphatic heterocycles. The van der Waals surface area contributed by atoms with Gasteiger partial charge in [0.2, 0.25) is 17.7 Å². The fourth-order valence-corrected chi connectivity index (χ4v) is 3.53. The molecule has 1 aromatic rings. The molecule has 196 valence electrons. The van der Waals surface area contributed by atoms with Gasteiger partial charge in [0.1, 0.15) is 12.1 Å². The molecule has 0 bridgehead atoms. The first-order valence-corrected chi connectivity index (χ1v) is 13.1. The smallest absolute Gasteiger partial charge is 0.251 e. The molecule has 4 amide bonds. The summed E-state index contributed by atoms with van der Waals surface area (Å²) in [7, 11) is 0. The quantitative estimate of drug-likeness (QED) is 0.237. The molecule has 0 saturated heterocycles. The van der Waals surface area contributed by atoms with Gasteiger partial charge in [-0.2, -0.15) is 0 Å². The van der Waals surface area contributed by atoms with Gasteiger partial charge in [0, 0.05) is 25.1 Å². The second-order valence-corrected chi connectivity index (χ2v) is 8.92. The summed E-state index contributed by atoms with van der Waals surface area (Å²) >= 11 is 0. The standard InChI is InChI=1S/C27H44N4O4/c1-4-6-8-13-19-28-24(32)18-17-23(27(35)29-20-14-9-7-5-2)31-25(33)21(3)30-26(34)22-15-11-10-12-16-22/h10-12,15-16,21,23H,4-9,13-14,17-20H2,1-3H3,(H,28,32)(H,29,35)(H,30,34)(H,31,33)/t21-,23-/m0/s1. The van der Waals surface area contributed by atoms with Gasteiger partial charge < -0.3 is 21.3 Å². The molecule has 0 saturated carbocycles. The van der Waals surface area contributed by atoms with E-state index in [1.54, 1.807) is 37.3 Å². The Balaban J connectivity index is 2.62. The minimum absolute atomic E-state index is 0.132. The molecule has 1 aromatic carbocycles. The van der Waals surface area contributed by atoms with Gasteiger partial charge in [-0.3, -0.25) is 19.2 Å². The lowest BCUT2D eigenvalue weighted by Gasteiger charge is -2.21.